The van der Waals surface area contributed by atoms with Gasteiger partial charge >= 0.3 is 0 Å². The molecule has 0 saturated carbocycles. The van der Waals surface area contributed by atoms with Gasteiger partial charge in [-0.3, -0.25) is 4.79 Å². The highest BCUT2D eigenvalue weighted by Gasteiger charge is 2.27. The van der Waals surface area contributed by atoms with Crippen molar-refractivity contribution >= 4 is 32.0 Å². The molecule has 20 heavy (non-hydrogen) atoms. The second-order valence-electron chi connectivity index (χ2n) is 4.72. The highest BCUT2D eigenvalue weighted by Crippen LogP contribution is 2.20. The van der Waals surface area contributed by atoms with Crippen LogP contribution < -0.4 is 5.14 Å². The number of halogens is 1. The number of hydrogen-bond acceptors (Lipinski definition) is 3. The number of rotatable bonds is 2. The first-order valence-electron chi connectivity index (χ1n) is 6.12. The minimum absolute atomic E-state index is 0.102. The van der Waals surface area contributed by atoms with Crippen molar-refractivity contribution in [3.8, 4) is 0 Å². The molecule has 1 aliphatic heterocycles. The lowest BCUT2D eigenvalue weighted by Crippen LogP contribution is -2.52. The third-order valence-electron chi connectivity index (χ3n) is 3.24. The molecule has 0 atom stereocenters. The van der Waals surface area contributed by atoms with Crippen LogP contribution in [0.15, 0.2) is 22.7 Å². The van der Waals surface area contributed by atoms with E-state index in [0.717, 1.165) is 10.0 Å². The van der Waals surface area contributed by atoms with E-state index in [1.165, 1.54) is 4.31 Å². The quantitative estimate of drug-likeness (QED) is 0.842. The van der Waals surface area contributed by atoms with Gasteiger partial charge in [-0.05, 0) is 35.0 Å². The zero-order valence-corrected chi connectivity index (χ0v) is 13.4. The lowest BCUT2D eigenvalue weighted by molar-refractivity contribution is 0.0697. The van der Waals surface area contributed by atoms with Gasteiger partial charge in [0.15, 0.2) is 0 Å². The van der Waals surface area contributed by atoms with Crippen LogP contribution in [0.4, 0.5) is 0 Å². The van der Waals surface area contributed by atoms with Crippen molar-refractivity contribution < 1.29 is 13.2 Å². The van der Waals surface area contributed by atoms with Crippen molar-refractivity contribution in [2.24, 2.45) is 5.14 Å². The fourth-order valence-electron chi connectivity index (χ4n) is 2.12. The molecule has 8 heteroatoms. The molecule has 0 unspecified atom stereocenters. The molecule has 6 nitrogen and oxygen atoms in total. The minimum atomic E-state index is -3.67. The van der Waals surface area contributed by atoms with E-state index in [2.05, 4.69) is 15.9 Å². The molecule has 1 fully saturated rings. The van der Waals surface area contributed by atoms with Crippen molar-refractivity contribution in [2.45, 2.75) is 6.92 Å². The maximum absolute atomic E-state index is 12.4. The van der Waals surface area contributed by atoms with Crippen LogP contribution >= 0.6 is 15.9 Å². The van der Waals surface area contributed by atoms with Gasteiger partial charge in [-0.2, -0.15) is 12.7 Å². The summed E-state index contributed by atoms with van der Waals surface area (Å²) >= 11 is 3.37. The molecule has 0 bridgehead atoms. The van der Waals surface area contributed by atoms with E-state index in [0.29, 0.717) is 18.7 Å². The van der Waals surface area contributed by atoms with Gasteiger partial charge in [0.25, 0.3) is 16.1 Å². The van der Waals surface area contributed by atoms with Gasteiger partial charge in [0.1, 0.15) is 0 Å². The summed E-state index contributed by atoms with van der Waals surface area (Å²) in [6.45, 7) is 3.06. The number of carbonyl (C=O) groups excluding carboxylic acids is 1. The second-order valence-corrected chi connectivity index (χ2v) is 7.12. The largest absolute Gasteiger partial charge is 0.336 e. The van der Waals surface area contributed by atoms with Crippen LogP contribution in [0.3, 0.4) is 0 Å². The molecule has 1 saturated heterocycles. The summed E-state index contributed by atoms with van der Waals surface area (Å²) in [6, 6.07) is 5.57. The average molecular weight is 362 g/mol. The number of aryl methyl sites for hydroxylation is 1. The van der Waals surface area contributed by atoms with E-state index >= 15 is 0 Å². The van der Waals surface area contributed by atoms with E-state index in [4.69, 9.17) is 5.14 Å². The molecule has 110 valence electrons. The Bertz CT molecular complexity index is 625. The average Bonchev–Trinajstić information content (AvgIpc) is 2.40. The summed E-state index contributed by atoms with van der Waals surface area (Å²) in [4.78, 5) is 14.1. The normalized spacial score (nSPS) is 17.2. The van der Waals surface area contributed by atoms with Crippen LogP contribution in [-0.4, -0.2) is 49.7 Å². The molecule has 1 amide bonds. The monoisotopic (exact) mass is 361 g/mol. The Hall–Kier alpha value is -0.960. The van der Waals surface area contributed by atoms with Crippen LogP contribution in [0, 0.1) is 6.92 Å². The second kappa shape index (κ2) is 5.80. The van der Waals surface area contributed by atoms with E-state index in [1.54, 1.807) is 4.90 Å². The third-order valence-corrected chi connectivity index (χ3v) is 5.01. The molecule has 1 aromatic carbocycles. The Morgan fingerprint density at radius 2 is 1.85 bits per heavy atom. The summed E-state index contributed by atoms with van der Waals surface area (Å²) in [6.07, 6.45) is 0. The van der Waals surface area contributed by atoms with E-state index in [9.17, 15) is 13.2 Å². The number of hydrogen-bond donors (Lipinski definition) is 1. The topological polar surface area (TPSA) is 83.7 Å². The maximum atomic E-state index is 12.4. The number of benzene rings is 1. The van der Waals surface area contributed by atoms with E-state index in [1.807, 2.05) is 25.1 Å². The lowest BCUT2D eigenvalue weighted by Gasteiger charge is -2.33. The fourth-order valence-corrected chi connectivity index (χ4v) is 3.21. The Morgan fingerprint density at radius 3 is 2.40 bits per heavy atom. The molecule has 1 aromatic rings. The Morgan fingerprint density at radius 1 is 1.25 bits per heavy atom. The van der Waals surface area contributed by atoms with Gasteiger partial charge in [0.2, 0.25) is 0 Å². The van der Waals surface area contributed by atoms with Gasteiger partial charge in [-0.1, -0.05) is 11.6 Å². The Balaban J connectivity index is 2.11. The van der Waals surface area contributed by atoms with Crippen molar-refractivity contribution in [2.75, 3.05) is 26.2 Å². The number of carbonyl (C=O) groups is 1. The summed E-state index contributed by atoms with van der Waals surface area (Å²) in [5.41, 5.74) is 1.59. The molecule has 1 heterocycles. The third kappa shape index (κ3) is 3.38. The van der Waals surface area contributed by atoms with Crippen LogP contribution in [0.1, 0.15) is 15.9 Å². The van der Waals surface area contributed by atoms with Gasteiger partial charge in [0, 0.05) is 30.7 Å². The first-order valence-corrected chi connectivity index (χ1v) is 8.42. The van der Waals surface area contributed by atoms with Gasteiger partial charge < -0.3 is 4.90 Å². The highest BCUT2D eigenvalue weighted by atomic mass is 79.9. The predicted molar refractivity (Wildman–Crippen MR) is 79.5 cm³/mol. The molecule has 0 radical (unpaired) electrons. The van der Waals surface area contributed by atoms with Crippen molar-refractivity contribution in [3.05, 3.63) is 33.8 Å². The number of amides is 1. The number of nitrogens with zero attached hydrogens (tertiary/aromatic N) is 2. The fraction of sp³-hybridized carbons (Fsp3) is 0.417. The zero-order valence-electron chi connectivity index (χ0n) is 11.0. The minimum Gasteiger partial charge on any atom is -0.336 e. The van der Waals surface area contributed by atoms with Gasteiger partial charge in [-0.15, -0.1) is 0 Å². The molecule has 2 rings (SSSR count). The zero-order chi connectivity index (χ0) is 14.9. The molecular weight excluding hydrogens is 346 g/mol. The molecule has 0 aromatic heterocycles. The Kier molecular flexibility index (Phi) is 4.48. The summed E-state index contributed by atoms with van der Waals surface area (Å²) in [5, 5.41) is 5.07. The first kappa shape index (κ1) is 15.4. The Labute approximate surface area is 126 Å². The van der Waals surface area contributed by atoms with E-state index < -0.39 is 10.2 Å². The maximum Gasteiger partial charge on any atom is 0.277 e. The van der Waals surface area contributed by atoms with Crippen LogP contribution in [-0.2, 0) is 10.2 Å². The lowest BCUT2D eigenvalue weighted by atomic mass is 10.1. The van der Waals surface area contributed by atoms with Crippen LogP contribution in [0.2, 0.25) is 0 Å². The van der Waals surface area contributed by atoms with Gasteiger partial charge in [0.05, 0.1) is 5.56 Å². The number of nitrogens with two attached hydrogens (primary N) is 1. The summed E-state index contributed by atoms with van der Waals surface area (Å²) in [7, 11) is -3.67. The van der Waals surface area contributed by atoms with Gasteiger partial charge in [-0.25, -0.2) is 5.14 Å². The highest BCUT2D eigenvalue weighted by molar-refractivity contribution is 9.10. The molecular formula is C12H16BrN3O3S. The first-order chi connectivity index (χ1) is 9.29. The summed E-state index contributed by atoms with van der Waals surface area (Å²) < 4.78 is 24.4. The standard InChI is InChI=1S/C12H16BrN3O3S/c1-9-2-3-11(13)10(8-9)12(17)15-4-6-16(7-5-15)20(14,18)19/h2-3,8H,4-7H2,1H3,(H2,14,18,19). The van der Waals surface area contributed by atoms with E-state index in [-0.39, 0.29) is 19.0 Å². The summed E-state index contributed by atoms with van der Waals surface area (Å²) in [5.74, 6) is -0.102. The van der Waals surface area contributed by atoms with Crippen LogP contribution in [0.5, 0.6) is 0 Å². The molecule has 2 N–H and O–H groups in total. The smallest absolute Gasteiger partial charge is 0.277 e. The number of piperazine rings is 1. The molecule has 0 spiro atoms. The molecule has 0 aliphatic carbocycles. The SMILES string of the molecule is Cc1ccc(Br)c(C(=O)N2CCN(S(N)(=O)=O)CC2)c1. The predicted octanol–water partition coefficient (Wildman–Crippen LogP) is 0.719. The van der Waals surface area contributed by atoms with Crippen molar-refractivity contribution in [1.82, 2.24) is 9.21 Å². The van der Waals surface area contributed by atoms with Crippen molar-refractivity contribution in [1.29, 1.82) is 0 Å². The molecule has 1 aliphatic rings. The van der Waals surface area contributed by atoms with Crippen LogP contribution in [0.25, 0.3) is 0 Å². The van der Waals surface area contributed by atoms with Crippen molar-refractivity contribution in [3.63, 3.8) is 0 Å².